The number of aromatic hydroxyl groups is 1. The number of amides is 2. The van der Waals surface area contributed by atoms with E-state index < -0.39 is 16.1 Å². The summed E-state index contributed by atoms with van der Waals surface area (Å²) in [5, 5.41) is 14.5. The van der Waals surface area contributed by atoms with Gasteiger partial charge in [0.05, 0.1) is 0 Å². The number of aryl methyl sites for hydroxylation is 1. The molecule has 8 heteroatoms. The molecule has 3 aromatic carbocycles. The Morgan fingerprint density at radius 1 is 0.893 bits per heavy atom. The third kappa shape index (κ3) is 4.80. The Labute approximate surface area is 162 Å². The van der Waals surface area contributed by atoms with Gasteiger partial charge in [-0.1, -0.05) is 24.3 Å². The van der Waals surface area contributed by atoms with Crippen LogP contribution in [-0.2, 0) is 10.1 Å². The van der Waals surface area contributed by atoms with E-state index in [1.165, 1.54) is 30.3 Å². The van der Waals surface area contributed by atoms with Crippen LogP contribution in [-0.4, -0.2) is 19.6 Å². The number of phenols is 1. The third-order valence-corrected chi connectivity index (χ3v) is 5.19. The van der Waals surface area contributed by atoms with Crippen molar-refractivity contribution in [3.8, 4) is 11.5 Å². The van der Waals surface area contributed by atoms with Crippen LogP contribution in [0.4, 0.5) is 16.2 Å². The van der Waals surface area contributed by atoms with E-state index in [4.69, 9.17) is 4.18 Å². The molecule has 3 rings (SSSR count). The number of urea groups is 1. The zero-order valence-electron chi connectivity index (χ0n) is 14.9. The summed E-state index contributed by atoms with van der Waals surface area (Å²) in [7, 11) is -3.99. The third-order valence-electron chi connectivity index (χ3n) is 3.79. The Balaban J connectivity index is 1.71. The summed E-state index contributed by atoms with van der Waals surface area (Å²) in [5.74, 6) is 0.163. The van der Waals surface area contributed by atoms with E-state index in [-0.39, 0.29) is 16.4 Å². The van der Waals surface area contributed by atoms with Gasteiger partial charge in [-0.3, -0.25) is 0 Å². The average Bonchev–Trinajstić information content (AvgIpc) is 2.63. The molecule has 0 aliphatic rings. The second-order valence-corrected chi connectivity index (χ2v) is 7.47. The summed E-state index contributed by atoms with van der Waals surface area (Å²) >= 11 is 0. The maximum Gasteiger partial charge on any atom is 0.339 e. The minimum atomic E-state index is -3.99. The Hall–Kier alpha value is -3.52. The molecule has 0 radical (unpaired) electrons. The molecule has 0 atom stereocenters. The van der Waals surface area contributed by atoms with Crippen LogP contribution in [0.25, 0.3) is 0 Å². The van der Waals surface area contributed by atoms with Crippen molar-refractivity contribution in [1.82, 2.24) is 0 Å². The molecular formula is C20H18N2O5S. The Morgan fingerprint density at radius 3 is 2.29 bits per heavy atom. The van der Waals surface area contributed by atoms with E-state index in [0.717, 1.165) is 0 Å². The zero-order valence-corrected chi connectivity index (χ0v) is 15.7. The first kappa shape index (κ1) is 19.2. The smallest absolute Gasteiger partial charge is 0.339 e. The fourth-order valence-electron chi connectivity index (χ4n) is 2.47. The number of hydrogen-bond acceptors (Lipinski definition) is 5. The van der Waals surface area contributed by atoms with E-state index in [0.29, 0.717) is 16.9 Å². The lowest BCUT2D eigenvalue weighted by molar-refractivity contribution is 0.262. The Kier molecular flexibility index (Phi) is 5.51. The van der Waals surface area contributed by atoms with Crippen molar-refractivity contribution in [2.24, 2.45) is 0 Å². The highest BCUT2D eigenvalue weighted by molar-refractivity contribution is 7.87. The number of phenolic OH excluding ortho intramolecular Hbond substituents is 1. The van der Waals surface area contributed by atoms with Crippen LogP contribution in [0, 0.1) is 6.92 Å². The predicted octanol–water partition coefficient (Wildman–Crippen LogP) is 4.11. The average molecular weight is 398 g/mol. The molecule has 144 valence electrons. The molecule has 0 unspecified atom stereocenters. The van der Waals surface area contributed by atoms with E-state index in [2.05, 4.69) is 10.6 Å². The van der Waals surface area contributed by atoms with Crippen LogP contribution in [0.1, 0.15) is 5.56 Å². The van der Waals surface area contributed by atoms with Gasteiger partial charge in [0.1, 0.15) is 16.4 Å². The fraction of sp³-hybridized carbons (Fsp3) is 0.0500. The lowest BCUT2D eigenvalue weighted by atomic mass is 10.2. The monoisotopic (exact) mass is 398 g/mol. The van der Waals surface area contributed by atoms with Crippen molar-refractivity contribution < 1.29 is 22.5 Å². The second kappa shape index (κ2) is 8.01. The maximum atomic E-state index is 12.5. The van der Waals surface area contributed by atoms with E-state index in [1.807, 2.05) is 0 Å². The SMILES string of the molecule is Cc1ccccc1S(=O)(=O)Oc1cccc(NC(=O)Nc2ccc(O)cc2)c1. The highest BCUT2D eigenvalue weighted by Crippen LogP contribution is 2.24. The van der Waals surface area contributed by atoms with Gasteiger partial charge < -0.3 is 19.9 Å². The van der Waals surface area contributed by atoms with Crippen molar-refractivity contribution in [3.63, 3.8) is 0 Å². The van der Waals surface area contributed by atoms with Crippen LogP contribution in [0.3, 0.4) is 0 Å². The molecule has 0 saturated carbocycles. The maximum absolute atomic E-state index is 12.5. The molecule has 2 amide bonds. The summed E-state index contributed by atoms with van der Waals surface area (Å²) in [5.41, 5.74) is 1.42. The Bertz CT molecular complexity index is 1100. The van der Waals surface area contributed by atoms with Gasteiger partial charge in [0.2, 0.25) is 0 Å². The first-order chi connectivity index (χ1) is 13.3. The first-order valence-electron chi connectivity index (χ1n) is 8.31. The number of anilines is 2. The van der Waals surface area contributed by atoms with Gasteiger partial charge in [-0.15, -0.1) is 0 Å². The normalized spacial score (nSPS) is 10.9. The Morgan fingerprint density at radius 2 is 1.57 bits per heavy atom. The highest BCUT2D eigenvalue weighted by Gasteiger charge is 2.19. The molecule has 28 heavy (non-hydrogen) atoms. The van der Waals surface area contributed by atoms with Crippen LogP contribution in [0.15, 0.2) is 77.7 Å². The van der Waals surface area contributed by atoms with Gasteiger partial charge in [-0.05, 0) is 55.0 Å². The van der Waals surface area contributed by atoms with E-state index >= 15 is 0 Å². The second-order valence-electron chi connectivity index (χ2n) is 5.96. The van der Waals surface area contributed by atoms with Crippen LogP contribution in [0.2, 0.25) is 0 Å². The molecule has 0 aliphatic carbocycles. The number of carbonyl (C=O) groups is 1. The predicted molar refractivity (Wildman–Crippen MR) is 106 cm³/mol. The fourth-order valence-corrected chi connectivity index (χ4v) is 3.63. The lowest BCUT2D eigenvalue weighted by Crippen LogP contribution is -2.19. The van der Waals surface area contributed by atoms with Crippen molar-refractivity contribution in [2.75, 3.05) is 10.6 Å². The van der Waals surface area contributed by atoms with Gasteiger partial charge in [-0.2, -0.15) is 8.42 Å². The number of hydrogen-bond donors (Lipinski definition) is 3. The minimum Gasteiger partial charge on any atom is -0.508 e. The number of benzene rings is 3. The molecule has 7 nitrogen and oxygen atoms in total. The standard InChI is InChI=1S/C20H18N2O5S/c1-14-5-2-3-8-19(14)28(25,26)27-18-7-4-6-16(13-18)22-20(24)21-15-9-11-17(23)12-10-15/h2-13,23H,1H3,(H2,21,22,24). The number of nitrogens with one attached hydrogen (secondary N) is 2. The van der Waals surface area contributed by atoms with Crippen LogP contribution < -0.4 is 14.8 Å². The van der Waals surface area contributed by atoms with Gasteiger partial charge >= 0.3 is 16.1 Å². The highest BCUT2D eigenvalue weighted by atomic mass is 32.2. The summed E-state index contributed by atoms with van der Waals surface area (Å²) in [6.45, 7) is 1.68. The van der Waals surface area contributed by atoms with Crippen molar-refractivity contribution in [1.29, 1.82) is 0 Å². The molecule has 0 fully saturated rings. The van der Waals surface area contributed by atoms with Crippen LogP contribution in [0.5, 0.6) is 11.5 Å². The molecule has 0 saturated heterocycles. The molecule has 0 bridgehead atoms. The zero-order chi connectivity index (χ0) is 20.1. The topological polar surface area (TPSA) is 105 Å². The van der Waals surface area contributed by atoms with Crippen molar-refractivity contribution >= 4 is 27.5 Å². The van der Waals surface area contributed by atoms with Crippen molar-refractivity contribution in [2.45, 2.75) is 11.8 Å². The quantitative estimate of drug-likeness (QED) is 0.443. The largest absolute Gasteiger partial charge is 0.508 e. The van der Waals surface area contributed by atoms with E-state index in [1.54, 1.807) is 49.4 Å². The molecule has 0 spiro atoms. The summed E-state index contributed by atoms with van der Waals surface area (Å²) in [6, 6.07) is 18.0. The van der Waals surface area contributed by atoms with Crippen molar-refractivity contribution in [3.05, 3.63) is 78.4 Å². The van der Waals surface area contributed by atoms with E-state index in [9.17, 15) is 18.3 Å². The van der Waals surface area contributed by atoms with Gasteiger partial charge in [0.15, 0.2) is 0 Å². The number of carbonyl (C=O) groups excluding carboxylic acids is 1. The molecular weight excluding hydrogens is 380 g/mol. The molecule has 0 heterocycles. The van der Waals surface area contributed by atoms with Crippen LogP contribution >= 0.6 is 0 Å². The minimum absolute atomic E-state index is 0.0747. The van der Waals surface area contributed by atoms with Gasteiger partial charge in [0, 0.05) is 17.4 Å². The summed E-state index contributed by atoms with van der Waals surface area (Å²) in [4.78, 5) is 12.2. The molecule has 0 aromatic heterocycles. The van der Waals surface area contributed by atoms with Gasteiger partial charge in [0.25, 0.3) is 0 Å². The first-order valence-corrected chi connectivity index (χ1v) is 9.71. The van der Waals surface area contributed by atoms with Gasteiger partial charge in [-0.25, -0.2) is 4.79 Å². The molecule has 0 aliphatic heterocycles. The number of rotatable bonds is 5. The molecule has 3 aromatic rings. The summed E-state index contributed by atoms with van der Waals surface area (Å²) in [6.07, 6.45) is 0. The molecule has 3 N–H and O–H groups in total. The lowest BCUT2D eigenvalue weighted by Gasteiger charge is -2.11. The summed E-state index contributed by atoms with van der Waals surface area (Å²) < 4.78 is 30.2.